The predicted octanol–water partition coefficient (Wildman–Crippen LogP) is 0.980. The number of furan rings is 1. The molecule has 0 spiro atoms. The zero-order valence-corrected chi connectivity index (χ0v) is 11.2. The molecule has 96 valence electrons. The highest BCUT2D eigenvalue weighted by Crippen LogP contribution is 2.11. The van der Waals surface area contributed by atoms with Crippen LogP contribution in [0.5, 0.6) is 0 Å². The number of carbonyl (C=O) groups is 1. The van der Waals surface area contributed by atoms with Crippen molar-refractivity contribution in [1.82, 2.24) is 4.90 Å². The summed E-state index contributed by atoms with van der Waals surface area (Å²) in [5.74, 6) is 0.970. The highest BCUT2D eigenvalue weighted by Gasteiger charge is 2.26. The minimum absolute atomic E-state index is 0.270. The third kappa shape index (κ3) is 3.59. The van der Waals surface area contributed by atoms with Crippen molar-refractivity contribution in [2.45, 2.75) is 25.6 Å². The van der Waals surface area contributed by atoms with Gasteiger partial charge < -0.3 is 9.32 Å². The van der Waals surface area contributed by atoms with Gasteiger partial charge >= 0.3 is 0 Å². The summed E-state index contributed by atoms with van der Waals surface area (Å²) < 4.78 is 27.9. The first-order valence-corrected chi connectivity index (χ1v) is 7.16. The normalized spacial score (nSPS) is 13.4. The molecular weight excluding hydrogens is 242 g/mol. The number of carbonyl (C=O) groups excluding carboxylic acids is 1. The summed E-state index contributed by atoms with van der Waals surface area (Å²) in [6, 6.07) is 3.57. The molecule has 1 amide bonds. The molecule has 0 saturated carbocycles. The van der Waals surface area contributed by atoms with Crippen molar-refractivity contribution in [2.75, 3.05) is 13.3 Å². The summed E-state index contributed by atoms with van der Waals surface area (Å²) in [4.78, 5) is 13.2. The quantitative estimate of drug-likeness (QED) is 0.808. The van der Waals surface area contributed by atoms with Crippen LogP contribution < -0.4 is 0 Å². The molecule has 0 aliphatic carbocycles. The van der Waals surface area contributed by atoms with Gasteiger partial charge in [0.2, 0.25) is 5.91 Å². The molecule has 1 rings (SSSR count). The molecule has 0 aliphatic rings. The van der Waals surface area contributed by atoms with Crippen LogP contribution in [0.25, 0.3) is 0 Å². The Labute approximate surface area is 101 Å². The SMILES string of the molecule is Cc1ccc(CN(C)C(=O)[C@H](C)S(C)(=O)=O)o1. The molecule has 0 N–H and O–H groups in total. The number of sulfone groups is 1. The van der Waals surface area contributed by atoms with E-state index in [4.69, 9.17) is 4.42 Å². The molecule has 0 bridgehead atoms. The number of hydrogen-bond acceptors (Lipinski definition) is 4. The first kappa shape index (κ1) is 13.8. The van der Waals surface area contributed by atoms with Crippen LogP contribution in [0.15, 0.2) is 16.5 Å². The summed E-state index contributed by atoms with van der Waals surface area (Å²) in [6.45, 7) is 3.47. The monoisotopic (exact) mass is 259 g/mol. The number of amides is 1. The lowest BCUT2D eigenvalue weighted by Gasteiger charge is -2.19. The maximum atomic E-state index is 11.8. The minimum Gasteiger partial charge on any atom is -0.464 e. The number of aryl methyl sites for hydroxylation is 1. The fourth-order valence-electron chi connectivity index (χ4n) is 1.38. The fourth-order valence-corrected chi connectivity index (χ4v) is 1.92. The Hall–Kier alpha value is -1.30. The maximum absolute atomic E-state index is 11.8. The first-order valence-electron chi connectivity index (χ1n) is 5.21. The Bertz CT molecular complexity index is 503. The van der Waals surface area contributed by atoms with Gasteiger partial charge in [0.05, 0.1) is 6.54 Å². The number of rotatable bonds is 4. The lowest BCUT2D eigenvalue weighted by molar-refractivity contribution is -0.129. The molecule has 1 aromatic rings. The smallest absolute Gasteiger partial charge is 0.240 e. The molecular formula is C11H17NO4S. The third-order valence-corrected chi connectivity index (χ3v) is 4.04. The predicted molar refractivity (Wildman–Crippen MR) is 64.2 cm³/mol. The van der Waals surface area contributed by atoms with Crippen LogP contribution in [0, 0.1) is 6.92 Å². The molecule has 1 aromatic heterocycles. The lowest BCUT2D eigenvalue weighted by atomic mass is 10.3. The van der Waals surface area contributed by atoms with Crippen molar-refractivity contribution < 1.29 is 17.6 Å². The fraction of sp³-hybridized carbons (Fsp3) is 0.545. The highest BCUT2D eigenvalue weighted by atomic mass is 32.2. The molecule has 17 heavy (non-hydrogen) atoms. The molecule has 0 unspecified atom stereocenters. The standard InChI is InChI=1S/C11H17NO4S/c1-8-5-6-10(16-8)7-12(3)11(13)9(2)17(4,14)15/h5-6,9H,7H2,1-4H3/t9-/m0/s1. The van der Waals surface area contributed by atoms with Gasteiger partial charge in [-0.2, -0.15) is 0 Å². The van der Waals surface area contributed by atoms with Crippen molar-refractivity contribution in [3.63, 3.8) is 0 Å². The molecule has 6 heteroatoms. The lowest BCUT2D eigenvalue weighted by Crippen LogP contribution is -2.38. The van der Waals surface area contributed by atoms with Crippen molar-refractivity contribution >= 4 is 15.7 Å². The largest absolute Gasteiger partial charge is 0.464 e. The topological polar surface area (TPSA) is 67.6 Å². The van der Waals surface area contributed by atoms with Crippen molar-refractivity contribution in [1.29, 1.82) is 0 Å². The van der Waals surface area contributed by atoms with Gasteiger partial charge in [-0.3, -0.25) is 4.79 Å². The van der Waals surface area contributed by atoms with Gasteiger partial charge in [-0.05, 0) is 26.0 Å². The highest BCUT2D eigenvalue weighted by molar-refractivity contribution is 7.92. The van der Waals surface area contributed by atoms with E-state index in [0.717, 1.165) is 12.0 Å². The minimum atomic E-state index is -3.36. The second-order valence-corrected chi connectivity index (χ2v) is 6.54. The average Bonchev–Trinajstić information content (AvgIpc) is 2.60. The van der Waals surface area contributed by atoms with E-state index in [1.165, 1.54) is 11.8 Å². The van der Waals surface area contributed by atoms with Crippen molar-refractivity contribution in [2.24, 2.45) is 0 Å². The van der Waals surface area contributed by atoms with Crippen LogP contribution in [-0.4, -0.2) is 37.8 Å². The Balaban J connectivity index is 2.71. The van der Waals surface area contributed by atoms with Gasteiger partial charge in [0, 0.05) is 13.3 Å². The molecule has 0 aromatic carbocycles. The van der Waals surface area contributed by atoms with Crippen molar-refractivity contribution in [3.05, 3.63) is 23.7 Å². The van der Waals surface area contributed by atoms with E-state index in [-0.39, 0.29) is 6.54 Å². The Morgan fingerprint density at radius 1 is 1.47 bits per heavy atom. The van der Waals surface area contributed by atoms with E-state index in [1.54, 1.807) is 19.2 Å². The summed E-state index contributed by atoms with van der Waals surface area (Å²) in [6.07, 6.45) is 1.06. The van der Waals surface area contributed by atoms with Crippen LogP contribution >= 0.6 is 0 Å². The summed E-state index contributed by atoms with van der Waals surface area (Å²) >= 11 is 0. The molecule has 0 radical (unpaired) electrons. The number of hydrogen-bond donors (Lipinski definition) is 0. The summed E-state index contributed by atoms with van der Waals surface area (Å²) in [5.41, 5.74) is 0. The molecule has 1 heterocycles. The van der Waals surface area contributed by atoms with E-state index in [2.05, 4.69) is 0 Å². The average molecular weight is 259 g/mol. The molecule has 0 aliphatic heterocycles. The Morgan fingerprint density at radius 2 is 2.06 bits per heavy atom. The molecule has 0 fully saturated rings. The number of nitrogens with zero attached hydrogens (tertiary/aromatic N) is 1. The van der Waals surface area contributed by atoms with E-state index >= 15 is 0 Å². The first-order chi connectivity index (χ1) is 7.71. The van der Waals surface area contributed by atoms with Gasteiger partial charge in [0.25, 0.3) is 0 Å². The second-order valence-electron chi connectivity index (χ2n) is 4.18. The van der Waals surface area contributed by atoms with Crippen LogP contribution in [0.1, 0.15) is 18.4 Å². The molecule has 0 saturated heterocycles. The Kier molecular flexibility index (Phi) is 3.98. The third-order valence-electron chi connectivity index (χ3n) is 2.56. The van der Waals surface area contributed by atoms with Gasteiger partial charge in [-0.25, -0.2) is 8.42 Å². The maximum Gasteiger partial charge on any atom is 0.240 e. The van der Waals surface area contributed by atoms with Crippen LogP contribution in [0.2, 0.25) is 0 Å². The van der Waals surface area contributed by atoms with E-state index in [1.807, 2.05) is 6.92 Å². The van der Waals surface area contributed by atoms with Crippen LogP contribution in [-0.2, 0) is 21.2 Å². The van der Waals surface area contributed by atoms with Gasteiger partial charge in [-0.1, -0.05) is 0 Å². The van der Waals surface area contributed by atoms with E-state index in [9.17, 15) is 13.2 Å². The molecule has 1 atom stereocenters. The zero-order valence-electron chi connectivity index (χ0n) is 10.4. The van der Waals surface area contributed by atoms with Gasteiger partial charge in [0.15, 0.2) is 9.84 Å². The van der Waals surface area contributed by atoms with Crippen LogP contribution in [0.4, 0.5) is 0 Å². The van der Waals surface area contributed by atoms with Gasteiger partial charge in [-0.15, -0.1) is 0 Å². The van der Waals surface area contributed by atoms with E-state index in [0.29, 0.717) is 5.76 Å². The van der Waals surface area contributed by atoms with Crippen LogP contribution in [0.3, 0.4) is 0 Å². The summed E-state index contributed by atoms with van der Waals surface area (Å²) in [7, 11) is -1.80. The molecule has 5 nitrogen and oxygen atoms in total. The zero-order chi connectivity index (χ0) is 13.2. The van der Waals surface area contributed by atoms with Crippen molar-refractivity contribution in [3.8, 4) is 0 Å². The Morgan fingerprint density at radius 3 is 2.47 bits per heavy atom. The van der Waals surface area contributed by atoms with E-state index < -0.39 is 21.0 Å². The summed E-state index contributed by atoms with van der Waals surface area (Å²) in [5, 5.41) is -1.02. The van der Waals surface area contributed by atoms with Gasteiger partial charge in [0.1, 0.15) is 16.8 Å². The second kappa shape index (κ2) is 4.91.